The van der Waals surface area contributed by atoms with Crippen LogP contribution in [0.2, 0.25) is 5.02 Å². The maximum atomic E-state index is 10.6. The van der Waals surface area contributed by atoms with E-state index >= 15 is 0 Å². The van der Waals surface area contributed by atoms with Gasteiger partial charge in [-0.05, 0) is 6.07 Å². The lowest BCUT2D eigenvalue weighted by atomic mass is 9.98. The van der Waals surface area contributed by atoms with E-state index in [1.54, 1.807) is 6.07 Å². The summed E-state index contributed by atoms with van der Waals surface area (Å²) in [4.78, 5) is 10.1. The van der Waals surface area contributed by atoms with E-state index in [1.807, 2.05) is 0 Å². The van der Waals surface area contributed by atoms with E-state index in [0.717, 1.165) is 5.33 Å². The second kappa shape index (κ2) is 5.69. The normalized spacial score (nSPS) is 11.3. The Kier molecular flexibility index (Phi) is 4.77. The first-order valence-corrected chi connectivity index (χ1v) is 6.48. The molecule has 0 atom stereocenters. The van der Waals surface area contributed by atoms with Crippen molar-refractivity contribution < 1.29 is 9.66 Å². The van der Waals surface area contributed by atoms with Crippen molar-refractivity contribution in [2.24, 2.45) is 5.41 Å². The Hall–Kier alpha value is -0.810. The molecule has 0 saturated heterocycles. The molecule has 1 aromatic carbocycles. The van der Waals surface area contributed by atoms with Gasteiger partial charge in [0, 0.05) is 22.9 Å². The van der Waals surface area contributed by atoms with E-state index in [4.69, 9.17) is 16.3 Å². The van der Waals surface area contributed by atoms with Crippen molar-refractivity contribution in [3.63, 3.8) is 0 Å². The number of benzene rings is 1. The molecule has 0 aliphatic heterocycles. The minimum atomic E-state index is -0.519. The van der Waals surface area contributed by atoms with Crippen molar-refractivity contribution in [2.45, 2.75) is 13.8 Å². The quantitative estimate of drug-likeness (QED) is 0.467. The Labute approximate surface area is 113 Å². The number of nitrogens with zero attached hydrogens (tertiary/aromatic N) is 1. The third kappa shape index (κ3) is 4.16. The second-order valence-electron chi connectivity index (χ2n) is 4.46. The van der Waals surface area contributed by atoms with Crippen LogP contribution in [0.4, 0.5) is 5.69 Å². The van der Waals surface area contributed by atoms with Crippen molar-refractivity contribution >= 4 is 33.2 Å². The number of rotatable bonds is 5. The lowest BCUT2D eigenvalue weighted by Gasteiger charge is -2.21. The fourth-order valence-corrected chi connectivity index (χ4v) is 1.44. The molecule has 0 unspecified atom stereocenters. The summed E-state index contributed by atoms with van der Waals surface area (Å²) < 4.78 is 5.54. The third-order valence-electron chi connectivity index (χ3n) is 2.11. The van der Waals surface area contributed by atoms with Crippen LogP contribution in [0.1, 0.15) is 13.8 Å². The Balaban J connectivity index is 2.75. The van der Waals surface area contributed by atoms with Gasteiger partial charge in [-0.3, -0.25) is 10.1 Å². The molecule has 1 aromatic rings. The maximum absolute atomic E-state index is 10.6. The van der Waals surface area contributed by atoms with Gasteiger partial charge in [0.2, 0.25) is 0 Å². The van der Waals surface area contributed by atoms with Crippen molar-refractivity contribution in [3.8, 4) is 5.75 Å². The van der Waals surface area contributed by atoms with Crippen LogP contribution in [0, 0.1) is 15.5 Å². The van der Waals surface area contributed by atoms with E-state index in [9.17, 15) is 10.1 Å². The fourth-order valence-electron chi connectivity index (χ4n) is 1.04. The minimum Gasteiger partial charge on any atom is -0.493 e. The van der Waals surface area contributed by atoms with E-state index in [2.05, 4.69) is 29.8 Å². The zero-order valence-corrected chi connectivity index (χ0v) is 11.9. The van der Waals surface area contributed by atoms with Crippen LogP contribution in [0.3, 0.4) is 0 Å². The highest BCUT2D eigenvalue weighted by Gasteiger charge is 2.18. The highest BCUT2D eigenvalue weighted by Crippen LogP contribution is 2.29. The molecule has 4 nitrogen and oxygen atoms in total. The molecular weight excluding hydrogens is 309 g/mol. The average molecular weight is 323 g/mol. The molecule has 0 bridgehead atoms. The number of hydrogen-bond acceptors (Lipinski definition) is 3. The highest BCUT2D eigenvalue weighted by molar-refractivity contribution is 9.09. The van der Waals surface area contributed by atoms with Gasteiger partial charge in [0.1, 0.15) is 10.8 Å². The Morgan fingerprint density at radius 3 is 2.65 bits per heavy atom. The van der Waals surface area contributed by atoms with Crippen molar-refractivity contribution in [1.29, 1.82) is 0 Å². The molecule has 0 amide bonds. The Morgan fingerprint density at radius 1 is 1.53 bits per heavy atom. The predicted octanol–water partition coefficient (Wildman–Crippen LogP) is 4.05. The molecular formula is C11H13BrClNO3. The zero-order valence-electron chi connectivity index (χ0n) is 9.57. The lowest BCUT2D eigenvalue weighted by molar-refractivity contribution is -0.384. The summed E-state index contributed by atoms with van der Waals surface area (Å²) in [6.07, 6.45) is 0. The number of nitro groups is 1. The molecule has 17 heavy (non-hydrogen) atoms. The van der Waals surface area contributed by atoms with Gasteiger partial charge in [0.15, 0.2) is 0 Å². The summed E-state index contributed by atoms with van der Waals surface area (Å²) in [6, 6.07) is 4.36. The van der Waals surface area contributed by atoms with Crippen LogP contribution < -0.4 is 4.74 Å². The number of nitro benzene ring substituents is 1. The molecule has 0 N–H and O–H groups in total. The first-order chi connectivity index (χ1) is 7.85. The van der Waals surface area contributed by atoms with Crippen LogP contribution in [-0.4, -0.2) is 16.9 Å². The van der Waals surface area contributed by atoms with Crippen molar-refractivity contribution in [2.75, 3.05) is 11.9 Å². The van der Waals surface area contributed by atoms with Gasteiger partial charge >= 0.3 is 0 Å². The molecule has 0 saturated carbocycles. The molecule has 0 aromatic heterocycles. The monoisotopic (exact) mass is 321 g/mol. The minimum absolute atomic E-state index is 0.00570. The summed E-state index contributed by atoms with van der Waals surface area (Å²) in [5.74, 6) is 0.537. The van der Waals surface area contributed by atoms with Crippen LogP contribution >= 0.6 is 27.5 Å². The van der Waals surface area contributed by atoms with Gasteiger partial charge in [-0.1, -0.05) is 41.4 Å². The van der Waals surface area contributed by atoms with Crippen molar-refractivity contribution in [3.05, 3.63) is 33.3 Å². The molecule has 0 heterocycles. The van der Waals surface area contributed by atoms with Crippen LogP contribution in [0.15, 0.2) is 18.2 Å². The smallest absolute Gasteiger partial charge is 0.288 e. The van der Waals surface area contributed by atoms with Crippen LogP contribution in [-0.2, 0) is 0 Å². The first kappa shape index (κ1) is 14.3. The molecule has 0 fully saturated rings. The van der Waals surface area contributed by atoms with Gasteiger partial charge in [-0.15, -0.1) is 0 Å². The van der Waals surface area contributed by atoms with Crippen molar-refractivity contribution in [1.82, 2.24) is 0 Å². The molecule has 0 aliphatic rings. The zero-order chi connectivity index (χ0) is 13.1. The van der Waals surface area contributed by atoms with Gasteiger partial charge in [0.25, 0.3) is 5.69 Å². The van der Waals surface area contributed by atoms with E-state index in [0.29, 0.717) is 12.4 Å². The van der Waals surface area contributed by atoms with Crippen LogP contribution in [0.5, 0.6) is 5.75 Å². The first-order valence-electron chi connectivity index (χ1n) is 4.98. The molecule has 6 heteroatoms. The van der Waals surface area contributed by atoms with Gasteiger partial charge in [-0.2, -0.15) is 0 Å². The standard InChI is InChI=1S/C11H13BrClNO3/c1-11(2,6-12)7-17-8-3-4-10(14(15)16)9(13)5-8/h3-5H,6-7H2,1-2H3. The van der Waals surface area contributed by atoms with E-state index in [-0.39, 0.29) is 16.1 Å². The van der Waals surface area contributed by atoms with Gasteiger partial charge in [-0.25, -0.2) is 0 Å². The third-order valence-corrected chi connectivity index (χ3v) is 3.93. The van der Waals surface area contributed by atoms with E-state index < -0.39 is 4.92 Å². The maximum Gasteiger partial charge on any atom is 0.288 e. The number of alkyl halides is 1. The Morgan fingerprint density at radius 2 is 2.18 bits per heavy atom. The molecule has 94 valence electrons. The molecule has 0 radical (unpaired) electrons. The number of halogens is 2. The van der Waals surface area contributed by atoms with Gasteiger partial charge < -0.3 is 4.74 Å². The number of hydrogen-bond donors (Lipinski definition) is 0. The summed E-state index contributed by atoms with van der Waals surface area (Å²) in [5.41, 5.74) is -0.118. The molecule has 1 rings (SSSR count). The second-order valence-corrected chi connectivity index (χ2v) is 5.42. The fraction of sp³-hybridized carbons (Fsp3) is 0.455. The van der Waals surface area contributed by atoms with E-state index in [1.165, 1.54) is 12.1 Å². The molecule has 0 spiro atoms. The topological polar surface area (TPSA) is 52.4 Å². The SMILES string of the molecule is CC(C)(CBr)COc1ccc([N+](=O)[O-])c(Cl)c1. The lowest BCUT2D eigenvalue weighted by Crippen LogP contribution is -2.22. The summed E-state index contributed by atoms with van der Waals surface area (Å²) in [5, 5.41) is 11.5. The van der Waals surface area contributed by atoms with Gasteiger partial charge in [0.05, 0.1) is 11.5 Å². The van der Waals surface area contributed by atoms with Crippen LogP contribution in [0.25, 0.3) is 0 Å². The summed E-state index contributed by atoms with van der Waals surface area (Å²) in [6.45, 7) is 4.61. The highest BCUT2D eigenvalue weighted by atomic mass is 79.9. The Bertz CT molecular complexity index is 423. The molecule has 0 aliphatic carbocycles. The largest absolute Gasteiger partial charge is 0.493 e. The summed E-state index contributed by atoms with van der Waals surface area (Å²) in [7, 11) is 0. The predicted molar refractivity (Wildman–Crippen MR) is 71.2 cm³/mol. The average Bonchev–Trinajstić information content (AvgIpc) is 2.26. The number of ether oxygens (including phenoxy) is 1. The summed E-state index contributed by atoms with van der Waals surface area (Å²) >= 11 is 9.17.